The Bertz CT molecular complexity index is 1130. The van der Waals surface area contributed by atoms with Crippen LogP contribution in [0.3, 0.4) is 0 Å². The average molecular weight is 622 g/mol. The summed E-state index contributed by atoms with van der Waals surface area (Å²) >= 11 is 4.81. The van der Waals surface area contributed by atoms with Gasteiger partial charge in [-0.05, 0) is 69.4 Å². The van der Waals surface area contributed by atoms with Gasteiger partial charge in [0.2, 0.25) is 0 Å². The van der Waals surface area contributed by atoms with Gasteiger partial charge in [-0.2, -0.15) is 4.90 Å². The van der Waals surface area contributed by atoms with Gasteiger partial charge in [-0.25, -0.2) is 0 Å². The molecule has 1 aliphatic rings. The minimum Gasteiger partial charge on any atom is -0.780 e. The third-order valence-corrected chi connectivity index (χ3v) is 5.95. The largest absolute Gasteiger partial charge is 2.00 e. The van der Waals surface area contributed by atoms with Crippen molar-refractivity contribution in [2.75, 3.05) is 0 Å². The monoisotopic (exact) mass is 621 g/mol. The van der Waals surface area contributed by atoms with Crippen molar-refractivity contribution in [3.05, 3.63) is 95.6 Å². The van der Waals surface area contributed by atoms with Crippen LogP contribution < -0.4 is 5.10 Å². The van der Waals surface area contributed by atoms with Gasteiger partial charge in [0.1, 0.15) is 0 Å². The topological polar surface area (TPSA) is 52.8 Å². The zero-order valence-corrected chi connectivity index (χ0v) is 21.4. The predicted octanol–water partition coefficient (Wildman–Crippen LogP) is 5.29. The summed E-state index contributed by atoms with van der Waals surface area (Å²) in [6, 6.07) is 21.8. The van der Waals surface area contributed by atoms with E-state index in [0.717, 1.165) is 46.2 Å². The van der Waals surface area contributed by atoms with Crippen molar-refractivity contribution in [2.24, 2.45) is 0 Å². The van der Waals surface area contributed by atoms with Gasteiger partial charge in [-0.15, -0.1) is 0 Å². The van der Waals surface area contributed by atoms with Gasteiger partial charge in [-0.1, -0.05) is 48.2 Å². The molecule has 0 saturated carbocycles. The smallest absolute Gasteiger partial charge is 0.780 e. The molecule has 0 bridgehead atoms. The van der Waals surface area contributed by atoms with Crippen molar-refractivity contribution in [1.82, 2.24) is 20.2 Å². The van der Waals surface area contributed by atoms with Crippen LogP contribution in [0, 0.1) is 0 Å². The second-order valence-corrected chi connectivity index (χ2v) is 8.71. The number of aryl methyl sites for hydroxylation is 1. The molecule has 4 nitrogen and oxygen atoms in total. The first kappa shape index (κ1) is 24.3. The Balaban J connectivity index is 0.000000311. The summed E-state index contributed by atoms with van der Waals surface area (Å²) in [6.45, 7) is 4.32. The maximum Gasteiger partial charge on any atom is 2.00 e. The molecule has 4 aromatic rings. The van der Waals surface area contributed by atoms with Crippen molar-refractivity contribution >= 4 is 12.6 Å². The molecule has 0 saturated heterocycles. The van der Waals surface area contributed by atoms with Crippen molar-refractivity contribution in [1.29, 1.82) is 0 Å². The normalized spacial score (nSPS) is 12.7. The molecule has 0 unspecified atom stereocenters. The van der Waals surface area contributed by atoms with Crippen molar-refractivity contribution < 1.29 is 21.1 Å². The molecule has 0 atom stereocenters. The van der Waals surface area contributed by atoms with Gasteiger partial charge in [0.05, 0.1) is 17.1 Å². The molecule has 0 amide bonds. The molecule has 3 aromatic heterocycles. The number of pyridine rings is 2. The van der Waals surface area contributed by atoms with Crippen LogP contribution in [0.1, 0.15) is 49.3 Å². The van der Waals surface area contributed by atoms with Crippen LogP contribution in [-0.4, -0.2) is 15.1 Å². The average Bonchev–Trinajstić information content (AvgIpc) is 3.25. The van der Waals surface area contributed by atoms with Crippen molar-refractivity contribution in [3.63, 3.8) is 0 Å². The number of nitrogens with zero attached hydrogens (tertiary/aromatic N) is 4. The fraction of sp³-hybridized carbons (Fsp3) is 0.269. The Morgan fingerprint density at radius 3 is 2.25 bits per heavy atom. The SMILES string of the molecule is CC(C)(c1ccccn1)c1cccc(-c2[n-]nc3c2CCCC3)n1.[Pt+2].[S-]c1ccccc1. The first-order chi connectivity index (χ1) is 15.1. The van der Waals surface area contributed by atoms with Crippen LogP contribution in [-0.2, 0) is 52.0 Å². The molecule has 166 valence electrons. The molecule has 5 rings (SSSR count). The number of fused-ring (bicyclic) bond motifs is 1. The summed E-state index contributed by atoms with van der Waals surface area (Å²) in [5.74, 6) is 0. The first-order valence-corrected chi connectivity index (χ1v) is 11.1. The first-order valence-electron chi connectivity index (χ1n) is 10.7. The van der Waals surface area contributed by atoms with Gasteiger partial charge in [0.25, 0.3) is 0 Å². The molecule has 6 heteroatoms. The molecule has 0 N–H and O–H groups in total. The molecule has 1 aliphatic carbocycles. The van der Waals surface area contributed by atoms with E-state index in [9.17, 15) is 0 Å². The fourth-order valence-electron chi connectivity index (χ4n) is 3.83. The minimum absolute atomic E-state index is 0. The number of rotatable bonds is 3. The fourth-order valence-corrected chi connectivity index (χ4v) is 3.99. The zero-order chi connectivity index (χ0) is 21.7. The predicted molar refractivity (Wildman–Crippen MR) is 126 cm³/mol. The van der Waals surface area contributed by atoms with E-state index < -0.39 is 0 Å². The second kappa shape index (κ2) is 11.0. The van der Waals surface area contributed by atoms with E-state index >= 15 is 0 Å². The van der Waals surface area contributed by atoms with Crippen molar-refractivity contribution in [2.45, 2.75) is 49.8 Å². The second-order valence-electron chi connectivity index (χ2n) is 8.24. The summed E-state index contributed by atoms with van der Waals surface area (Å²) in [5.41, 5.74) is 6.11. The van der Waals surface area contributed by atoms with Gasteiger partial charge >= 0.3 is 21.1 Å². The Hall–Kier alpha value is -2.36. The van der Waals surface area contributed by atoms with E-state index in [2.05, 4.69) is 47.2 Å². The summed E-state index contributed by atoms with van der Waals surface area (Å²) in [5, 5.41) is 8.82. The number of benzene rings is 1. The summed E-state index contributed by atoms with van der Waals surface area (Å²) in [7, 11) is 0. The molecule has 0 spiro atoms. The molecular formula is C26H26N4PtS. The Morgan fingerprint density at radius 1 is 0.844 bits per heavy atom. The molecule has 3 heterocycles. The molecular weight excluding hydrogens is 595 g/mol. The Labute approximate surface area is 210 Å². The molecule has 32 heavy (non-hydrogen) atoms. The number of aromatic nitrogens is 4. The van der Waals surface area contributed by atoms with Gasteiger partial charge < -0.3 is 22.8 Å². The third-order valence-electron chi connectivity index (χ3n) is 5.68. The van der Waals surface area contributed by atoms with E-state index in [1.165, 1.54) is 18.4 Å². The van der Waals surface area contributed by atoms with Crippen LogP contribution in [0.25, 0.3) is 11.4 Å². The maximum atomic E-state index is 4.93. The molecule has 0 radical (unpaired) electrons. The van der Waals surface area contributed by atoms with E-state index in [4.69, 9.17) is 17.6 Å². The van der Waals surface area contributed by atoms with Crippen LogP contribution in [0.2, 0.25) is 0 Å². The van der Waals surface area contributed by atoms with Crippen LogP contribution in [0.15, 0.2) is 77.8 Å². The zero-order valence-electron chi connectivity index (χ0n) is 18.3. The molecule has 1 aromatic carbocycles. The Morgan fingerprint density at radius 2 is 1.56 bits per heavy atom. The van der Waals surface area contributed by atoms with E-state index in [0.29, 0.717) is 0 Å². The van der Waals surface area contributed by atoms with Crippen LogP contribution in [0.4, 0.5) is 0 Å². The Kier molecular flexibility index (Phi) is 8.33. The summed E-state index contributed by atoms with van der Waals surface area (Å²) in [6.07, 6.45) is 6.37. The summed E-state index contributed by atoms with van der Waals surface area (Å²) in [4.78, 5) is 10.4. The quantitative estimate of drug-likeness (QED) is 0.291. The van der Waals surface area contributed by atoms with Gasteiger partial charge in [-0.3, -0.25) is 9.97 Å². The van der Waals surface area contributed by atoms with E-state index in [1.807, 2.05) is 54.7 Å². The van der Waals surface area contributed by atoms with Gasteiger partial charge in [0.15, 0.2) is 0 Å². The maximum absolute atomic E-state index is 4.93. The van der Waals surface area contributed by atoms with E-state index in [1.54, 1.807) is 0 Å². The summed E-state index contributed by atoms with van der Waals surface area (Å²) < 4.78 is 0. The number of hydrogen-bond donors (Lipinski definition) is 0. The standard InChI is InChI=1S/C20H21N4.C6H6S.Pt/c1-20(2,17-11-5-6-13-21-17)18-12-7-10-16(22-18)19-14-8-3-4-9-15(14)23-24-19;7-6-4-2-1-3-5-6;/h5-7,10-13H,3-4,8-9H2,1-2H3;1-5,7H;/q-1;;+2/p-1. The third kappa shape index (κ3) is 5.51. The number of hydrogen-bond acceptors (Lipinski definition) is 4. The van der Waals surface area contributed by atoms with Crippen LogP contribution in [0.5, 0.6) is 0 Å². The molecule has 0 fully saturated rings. The van der Waals surface area contributed by atoms with Gasteiger partial charge in [0, 0.05) is 17.3 Å². The molecule has 0 aliphatic heterocycles. The van der Waals surface area contributed by atoms with Crippen LogP contribution >= 0.6 is 0 Å². The van der Waals surface area contributed by atoms with E-state index in [-0.39, 0.29) is 26.5 Å². The minimum atomic E-state index is -0.253. The van der Waals surface area contributed by atoms with Crippen molar-refractivity contribution in [3.8, 4) is 11.4 Å².